The van der Waals surface area contributed by atoms with Gasteiger partial charge in [-0.15, -0.1) is 0 Å². The van der Waals surface area contributed by atoms with Gasteiger partial charge in [0.2, 0.25) is 0 Å². The number of anilines is 1. The van der Waals surface area contributed by atoms with Gasteiger partial charge in [0.25, 0.3) is 0 Å². The third-order valence-electron chi connectivity index (χ3n) is 3.74. The van der Waals surface area contributed by atoms with E-state index < -0.39 is 0 Å². The fraction of sp³-hybridized carbons (Fsp3) is 0.615. The van der Waals surface area contributed by atoms with Crippen LogP contribution < -0.4 is 5.73 Å². The number of nitrogen functional groups attached to an aromatic ring is 1. The molecule has 3 rings (SSSR count). The minimum atomic E-state index is -0.297. The quantitative estimate of drug-likeness (QED) is 0.884. The summed E-state index contributed by atoms with van der Waals surface area (Å²) in [5.41, 5.74) is 7.10. The van der Waals surface area contributed by atoms with Crippen LogP contribution in [0, 0.1) is 6.92 Å². The number of imidazole rings is 1. The average Bonchev–Trinajstić information content (AvgIpc) is 3.00. The molecule has 0 amide bonds. The molecule has 0 bridgehead atoms. The fourth-order valence-electron chi connectivity index (χ4n) is 2.79. The van der Waals surface area contributed by atoms with Crippen LogP contribution in [-0.2, 0) is 14.2 Å². The molecule has 0 aliphatic carbocycles. The maximum Gasteiger partial charge on any atom is 0.167 e. The molecule has 2 N–H and O–H groups in total. The van der Waals surface area contributed by atoms with Gasteiger partial charge < -0.3 is 19.9 Å². The third-order valence-corrected chi connectivity index (χ3v) is 3.74. The van der Waals surface area contributed by atoms with Crippen LogP contribution in [0.15, 0.2) is 6.33 Å². The predicted octanol–water partition coefficient (Wildman–Crippen LogP) is 0.666. The van der Waals surface area contributed by atoms with Gasteiger partial charge in [0.15, 0.2) is 23.2 Å². The number of aromatic nitrogens is 4. The molecule has 3 atom stereocenters. The first-order chi connectivity index (χ1) is 10.2. The Bertz CT molecular complexity index is 644. The van der Waals surface area contributed by atoms with Crippen LogP contribution in [0.3, 0.4) is 0 Å². The molecule has 8 heteroatoms. The largest absolute Gasteiger partial charge is 0.382 e. The smallest absolute Gasteiger partial charge is 0.167 e. The van der Waals surface area contributed by atoms with Crippen LogP contribution in [0.5, 0.6) is 0 Å². The van der Waals surface area contributed by atoms with Gasteiger partial charge in [0, 0.05) is 20.6 Å². The van der Waals surface area contributed by atoms with Gasteiger partial charge in [0.05, 0.1) is 12.7 Å². The number of hydrogen-bond donors (Lipinski definition) is 1. The standard InChI is InChI=1S/C13H19N5O3/c1-7-17-10-11(14)15-6-16-12(10)18(7)13-9(20-3)4-8(21-13)5-19-2/h6,8-9,13H,4-5H2,1-3H3,(H2,14,15,16)/t8-,9-,13+/m0/s1. The van der Waals surface area contributed by atoms with Crippen molar-refractivity contribution in [3.8, 4) is 0 Å². The van der Waals surface area contributed by atoms with Crippen molar-refractivity contribution in [2.45, 2.75) is 31.8 Å². The summed E-state index contributed by atoms with van der Waals surface area (Å²) in [4.78, 5) is 12.7. The van der Waals surface area contributed by atoms with E-state index in [0.29, 0.717) is 23.6 Å². The van der Waals surface area contributed by atoms with Gasteiger partial charge in [-0.05, 0) is 6.92 Å². The van der Waals surface area contributed by atoms with Crippen LogP contribution in [0.1, 0.15) is 18.5 Å². The Balaban J connectivity index is 2.03. The fourth-order valence-corrected chi connectivity index (χ4v) is 2.79. The first kappa shape index (κ1) is 14.2. The highest BCUT2D eigenvalue weighted by Gasteiger charge is 2.38. The molecule has 1 aliphatic rings. The Morgan fingerprint density at radius 2 is 2.24 bits per heavy atom. The van der Waals surface area contributed by atoms with Crippen LogP contribution in [-0.4, -0.2) is 52.6 Å². The van der Waals surface area contributed by atoms with E-state index in [0.717, 1.165) is 12.2 Å². The highest BCUT2D eigenvalue weighted by Crippen LogP contribution is 2.34. The van der Waals surface area contributed by atoms with Crippen molar-refractivity contribution < 1.29 is 14.2 Å². The number of fused-ring (bicyclic) bond motifs is 1. The second-order valence-corrected chi connectivity index (χ2v) is 5.07. The van der Waals surface area contributed by atoms with E-state index in [1.54, 1.807) is 14.2 Å². The summed E-state index contributed by atoms with van der Waals surface area (Å²) in [6.07, 6.45) is 1.79. The molecule has 0 aromatic carbocycles. The zero-order valence-corrected chi connectivity index (χ0v) is 12.3. The van der Waals surface area contributed by atoms with Crippen LogP contribution in [0.4, 0.5) is 5.82 Å². The number of ether oxygens (including phenoxy) is 3. The lowest BCUT2D eigenvalue weighted by molar-refractivity contribution is -0.0634. The lowest BCUT2D eigenvalue weighted by Gasteiger charge is -2.20. The number of hydrogen-bond acceptors (Lipinski definition) is 7. The Hall–Kier alpha value is -1.77. The van der Waals surface area contributed by atoms with Gasteiger partial charge in [-0.1, -0.05) is 0 Å². The van der Waals surface area contributed by atoms with Crippen LogP contribution >= 0.6 is 0 Å². The van der Waals surface area contributed by atoms with Crippen molar-refractivity contribution in [3.05, 3.63) is 12.2 Å². The normalized spacial score (nSPS) is 25.8. The molecule has 114 valence electrons. The number of nitrogens with two attached hydrogens (primary N) is 1. The Labute approximate surface area is 122 Å². The molecule has 2 aromatic rings. The van der Waals surface area contributed by atoms with Gasteiger partial charge in [0.1, 0.15) is 18.3 Å². The van der Waals surface area contributed by atoms with Crippen molar-refractivity contribution in [1.82, 2.24) is 19.5 Å². The van der Waals surface area contributed by atoms with Crippen molar-refractivity contribution in [2.75, 3.05) is 26.6 Å². The second kappa shape index (κ2) is 5.55. The van der Waals surface area contributed by atoms with Crippen molar-refractivity contribution in [2.24, 2.45) is 0 Å². The van der Waals surface area contributed by atoms with E-state index in [1.165, 1.54) is 6.33 Å². The topological polar surface area (TPSA) is 97.3 Å². The number of aryl methyl sites for hydroxylation is 1. The van der Waals surface area contributed by atoms with Gasteiger partial charge >= 0.3 is 0 Å². The molecule has 21 heavy (non-hydrogen) atoms. The lowest BCUT2D eigenvalue weighted by Crippen LogP contribution is -2.23. The summed E-state index contributed by atoms with van der Waals surface area (Å²) < 4.78 is 18.7. The Morgan fingerprint density at radius 3 is 2.95 bits per heavy atom. The van der Waals surface area contributed by atoms with E-state index in [9.17, 15) is 0 Å². The number of rotatable bonds is 4. The van der Waals surface area contributed by atoms with Crippen LogP contribution in [0.25, 0.3) is 11.2 Å². The molecule has 0 spiro atoms. The molecule has 1 saturated heterocycles. The minimum Gasteiger partial charge on any atom is -0.382 e. The molecule has 1 aliphatic heterocycles. The predicted molar refractivity (Wildman–Crippen MR) is 75.7 cm³/mol. The Kier molecular flexibility index (Phi) is 3.75. The van der Waals surface area contributed by atoms with E-state index in [2.05, 4.69) is 15.0 Å². The maximum atomic E-state index is 6.05. The Morgan fingerprint density at radius 1 is 1.43 bits per heavy atom. The lowest BCUT2D eigenvalue weighted by atomic mass is 10.2. The second-order valence-electron chi connectivity index (χ2n) is 5.07. The first-order valence-corrected chi connectivity index (χ1v) is 6.78. The number of nitrogens with zero attached hydrogens (tertiary/aromatic N) is 4. The van der Waals surface area contributed by atoms with E-state index >= 15 is 0 Å². The zero-order valence-electron chi connectivity index (χ0n) is 12.3. The molecule has 2 aromatic heterocycles. The number of methoxy groups -OCH3 is 2. The third kappa shape index (κ3) is 2.35. The zero-order chi connectivity index (χ0) is 15.0. The molecule has 0 saturated carbocycles. The highest BCUT2D eigenvalue weighted by atomic mass is 16.6. The van der Waals surface area contributed by atoms with Gasteiger partial charge in [-0.25, -0.2) is 15.0 Å². The summed E-state index contributed by atoms with van der Waals surface area (Å²) in [6, 6.07) is 0. The molecular weight excluding hydrogens is 274 g/mol. The summed E-state index contributed by atoms with van der Waals surface area (Å²) >= 11 is 0. The highest BCUT2D eigenvalue weighted by molar-refractivity contribution is 5.81. The van der Waals surface area contributed by atoms with E-state index in [4.69, 9.17) is 19.9 Å². The summed E-state index contributed by atoms with van der Waals surface area (Å²) in [5.74, 6) is 1.13. The molecule has 3 heterocycles. The molecule has 1 fully saturated rings. The monoisotopic (exact) mass is 293 g/mol. The van der Waals surface area contributed by atoms with Gasteiger partial charge in [-0.2, -0.15) is 0 Å². The van der Waals surface area contributed by atoms with E-state index in [-0.39, 0.29) is 18.4 Å². The summed E-state index contributed by atoms with van der Waals surface area (Å²) in [6.45, 7) is 2.42. The maximum absolute atomic E-state index is 6.05. The molecule has 0 radical (unpaired) electrons. The first-order valence-electron chi connectivity index (χ1n) is 6.78. The molecule has 8 nitrogen and oxygen atoms in total. The van der Waals surface area contributed by atoms with E-state index in [1.807, 2.05) is 11.5 Å². The average molecular weight is 293 g/mol. The van der Waals surface area contributed by atoms with Crippen molar-refractivity contribution in [1.29, 1.82) is 0 Å². The minimum absolute atomic E-state index is 0.0130. The molecule has 0 unspecified atom stereocenters. The van der Waals surface area contributed by atoms with Gasteiger partial charge in [-0.3, -0.25) is 4.57 Å². The van der Waals surface area contributed by atoms with Crippen molar-refractivity contribution >= 4 is 17.0 Å². The SMILES string of the molecule is COC[C@@H]1C[C@H](OC)[C@H](n2c(C)nc3c(N)ncnc32)O1. The van der Waals surface area contributed by atoms with Crippen LogP contribution in [0.2, 0.25) is 0 Å². The summed E-state index contributed by atoms with van der Waals surface area (Å²) in [7, 11) is 3.33. The van der Waals surface area contributed by atoms with Crippen molar-refractivity contribution in [3.63, 3.8) is 0 Å². The molecular formula is C13H19N5O3. The summed E-state index contributed by atoms with van der Waals surface area (Å²) in [5, 5.41) is 0.